The Bertz CT molecular complexity index is 848. The first-order valence-electron chi connectivity index (χ1n) is 7.90. The van der Waals surface area contributed by atoms with Gasteiger partial charge in [-0.15, -0.1) is 0 Å². The largest absolute Gasteiger partial charge is 0.471 e. The molecule has 0 spiro atoms. The molecule has 5 nitrogen and oxygen atoms in total. The molecule has 1 atom stereocenters. The van der Waals surface area contributed by atoms with Crippen molar-refractivity contribution in [3.8, 4) is 0 Å². The number of alkyl halides is 3. The molecule has 0 amide bonds. The number of hydrogen-bond acceptors (Lipinski definition) is 5. The Balaban J connectivity index is 1.67. The van der Waals surface area contributed by atoms with Crippen molar-refractivity contribution < 1.29 is 21.9 Å². The van der Waals surface area contributed by atoms with E-state index in [4.69, 9.17) is 0 Å². The van der Waals surface area contributed by atoms with Gasteiger partial charge in [-0.3, -0.25) is 0 Å². The fourth-order valence-corrected chi connectivity index (χ4v) is 4.51. The quantitative estimate of drug-likeness (QED) is 0.787. The molecule has 1 unspecified atom stereocenters. The third-order valence-electron chi connectivity index (χ3n) is 4.08. The summed E-state index contributed by atoms with van der Waals surface area (Å²) in [6, 6.07) is 6.82. The molecule has 9 heteroatoms. The third-order valence-corrected chi connectivity index (χ3v) is 5.76. The summed E-state index contributed by atoms with van der Waals surface area (Å²) in [4.78, 5) is 3.34. The second-order valence-corrected chi connectivity index (χ2v) is 8.81. The minimum atomic E-state index is -4.64. The molecule has 2 aromatic rings. The Labute approximate surface area is 143 Å². The van der Waals surface area contributed by atoms with Crippen LogP contribution in [-0.4, -0.2) is 26.4 Å². The van der Waals surface area contributed by atoms with Gasteiger partial charge in [-0.05, 0) is 36.5 Å². The van der Waals surface area contributed by atoms with Crippen LogP contribution in [0.15, 0.2) is 33.2 Å². The van der Waals surface area contributed by atoms with Crippen molar-refractivity contribution in [2.24, 2.45) is 10.3 Å². The average molecular weight is 373 g/mol. The number of hydrogen-bond donors (Lipinski definition) is 0. The number of rotatable bonds is 5. The Kier molecular flexibility index (Phi) is 4.86. The summed E-state index contributed by atoms with van der Waals surface area (Å²) in [5.74, 6) is -0.281. The molecular weight excluding hydrogens is 355 g/mol. The van der Waals surface area contributed by atoms with E-state index >= 15 is 0 Å². The van der Waals surface area contributed by atoms with Crippen LogP contribution in [0.5, 0.6) is 0 Å². The first-order valence-corrected chi connectivity index (χ1v) is 9.99. The van der Waals surface area contributed by atoms with E-state index in [1.165, 1.54) is 6.42 Å². The van der Waals surface area contributed by atoms with Gasteiger partial charge in [-0.2, -0.15) is 22.5 Å². The summed E-state index contributed by atoms with van der Waals surface area (Å²) in [6.45, 7) is 0. The van der Waals surface area contributed by atoms with E-state index < -0.39 is 21.8 Å². The highest BCUT2D eigenvalue weighted by molar-refractivity contribution is 7.93. The predicted octanol–water partition coefficient (Wildman–Crippen LogP) is 4.21. The third kappa shape index (κ3) is 4.81. The van der Waals surface area contributed by atoms with Crippen LogP contribution in [-0.2, 0) is 22.3 Å². The van der Waals surface area contributed by atoms with Crippen LogP contribution in [0.4, 0.5) is 18.9 Å². The lowest BCUT2D eigenvalue weighted by molar-refractivity contribution is -0.159. The van der Waals surface area contributed by atoms with Crippen LogP contribution in [0.3, 0.4) is 0 Å². The molecular formula is C16H18F3N3O2S. The van der Waals surface area contributed by atoms with Gasteiger partial charge in [0, 0.05) is 28.2 Å². The van der Waals surface area contributed by atoms with Crippen molar-refractivity contribution >= 4 is 15.4 Å². The van der Waals surface area contributed by atoms with E-state index in [0.717, 1.165) is 18.4 Å². The first-order chi connectivity index (χ1) is 11.7. The molecule has 0 bridgehead atoms. The molecule has 136 valence electrons. The van der Waals surface area contributed by atoms with Crippen molar-refractivity contribution in [2.75, 3.05) is 12.0 Å². The SMILES string of the molecule is CS(=O)(CC1CCC1)=Nc1ccc(Cc2noc(C(F)(F)F)n2)cc1. The molecule has 0 radical (unpaired) electrons. The van der Waals surface area contributed by atoms with Crippen LogP contribution < -0.4 is 0 Å². The summed E-state index contributed by atoms with van der Waals surface area (Å²) in [5.41, 5.74) is 1.31. The van der Waals surface area contributed by atoms with E-state index in [0.29, 0.717) is 17.4 Å². The van der Waals surface area contributed by atoms with Crippen molar-refractivity contribution in [3.05, 3.63) is 41.5 Å². The first kappa shape index (κ1) is 17.9. The highest BCUT2D eigenvalue weighted by Crippen LogP contribution is 2.29. The topological polar surface area (TPSA) is 68.3 Å². The number of aromatic nitrogens is 2. The van der Waals surface area contributed by atoms with Crippen molar-refractivity contribution in [1.82, 2.24) is 10.1 Å². The van der Waals surface area contributed by atoms with Gasteiger partial charge in [-0.25, -0.2) is 4.21 Å². The summed E-state index contributed by atoms with van der Waals surface area (Å²) in [6.07, 6.45) is 0.561. The number of benzene rings is 1. The zero-order chi connectivity index (χ0) is 18.1. The number of halogens is 3. The Morgan fingerprint density at radius 3 is 2.48 bits per heavy atom. The average Bonchev–Trinajstić information content (AvgIpc) is 2.94. The van der Waals surface area contributed by atoms with E-state index in [9.17, 15) is 17.4 Å². The minimum absolute atomic E-state index is 0.0405. The zero-order valence-corrected chi connectivity index (χ0v) is 14.4. The van der Waals surface area contributed by atoms with Gasteiger partial charge in [0.15, 0.2) is 5.82 Å². The molecule has 1 aliphatic carbocycles. The molecule has 1 saturated carbocycles. The second-order valence-electron chi connectivity index (χ2n) is 6.37. The summed E-state index contributed by atoms with van der Waals surface area (Å²) < 4.78 is 58.4. The van der Waals surface area contributed by atoms with Gasteiger partial charge >= 0.3 is 12.1 Å². The molecule has 25 heavy (non-hydrogen) atoms. The minimum Gasteiger partial charge on any atom is -0.329 e. The lowest BCUT2D eigenvalue weighted by atomic mass is 9.87. The zero-order valence-electron chi connectivity index (χ0n) is 13.6. The fourth-order valence-electron chi connectivity index (χ4n) is 2.66. The maximum Gasteiger partial charge on any atom is 0.471 e. The lowest BCUT2D eigenvalue weighted by Gasteiger charge is -2.25. The molecule has 1 fully saturated rings. The van der Waals surface area contributed by atoms with Gasteiger partial charge in [0.2, 0.25) is 0 Å². The van der Waals surface area contributed by atoms with Crippen LogP contribution in [0.2, 0.25) is 0 Å². The van der Waals surface area contributed by atoms with E-state index in [-0.39, 0.29) is 12.2 Å². The Morgan fingerprint density at radius 1 is 1.28 bits per heavy atom. The summed E-state index contributed by atoms with van der Waals surface area (Å²) in [7, 11) is -2.27. The molecule has 3 rings (SSSR count). The molecule has 1 aliphatic rings. The van der Waals surface area contributed by atoms with Gasteiger partial charge < -0.3 is 4.52 Å². The normalized spacial score (nSPS) is 17.8. The predicted molar refractivity (Wildman–Crippen MR) is 86.9 cm³/mol. The molecule has 0 saturated heterocycles. The molecule has 1 aromatic heterocycles. The smallest absolute Gasteiger partial charge is 0.329 e. The molecule has 0 aliphatic heterocycles. The molecule has 1 aromatic carbocycles. The van der Waals surface area contributed by atoms with Crippen molar-refractivity contribution in [3.63, 3.8) is 0 Å². The van der Waals surface area contributed by atoms with E-state index in [1.807, 2.05) is 0 Å². The highest BCUT2D eigenvalue weighted by Gasteiger charge is 2.38. The molecule has 0 N–H and O–H groups in total. The molecule has 1 heterocycles. The maximum atomic E-state index is 12.5. The number of nitrogens with zero attached hydrogens (tertiary/aromatic N) is 3. The lowest BCUT2D eigenvalue weighted by Crippen LogP contribution is -2.20. The Hall–Kier alpha value is -1.90. The summed E-state index contributed by atoms with van der Waals surface area (Å²) >= 11 is 0. The van der Waals surface area contributed by atoms with E-state index in [2.05, 4.69) is 19.0 Å². The Morgan fingerprint density at radius 2 is 1.96 bits per heavy atom. The van der Waals surface area contributed by atoms with Gasteiger partial charge in [0.25, 0.3) is 0 Å². The van der Waals surface area contributed by atoms with Crippen LogP contribution in [0.25, 0.3) is 0 Å². The maximum absolute atomic E-state index is 12.5. The van der Waals surface area contributed by atoms with Gasteiger partial charge in [-0.1, -0.05) is 23.7 Å². The van der Waals surface area contributed by atoms with Crippen molar-refractivity contribution in [1.29, 1.82) is 0 Å². The van der Waals surface area contributed by atoms with Crippen LogP contribution >= 0.6 is 0 Å². The van der Waals surface area contributed by atoms with E-state index in [1.54, 1.807) is 30.5 Å². The van der Waals surface area contributed by atoms with Crippen molar-refractivity contribution in [2.45, 2.75) is 31.9 Å². The summed E-state index contributed by atoms with van der Waals surface area (Å²) in [5, 5.41) is 3.33. The second kappa shape index (κ2) is 6.78. The highest BCUT2D eigenvalue weighted by atomic mass is 32.2. The van der Waals surface area contributed by atoms with Gasteiger partial charge in [0.05, 0.1) is 5.69 Å². The van der Waals surface area contributed by atoms with Crippen LogP contribution in [0.1, 0.15) is 36.5 Å². The fraction of sp³-hybridized carbons (Fsp3) is 0.500. The monoisotopic (exact) mass is 373 g/mol. The van der Waals surface area contributed by atoms with Crippen LogP contribution in [0, 0.1) is 5.92 Å². The van der Waals surface area contributed by atoms with Gasteiger partial charge in [0.1, 0.15) is 0 Å². The standard InChI is InChI=1S/C16H18F3N3O2S/c1-25(23,10-12-3-2-4-12)22-13-7-5-11(6-8-13)9-14-20-15(24-21-14)16(17,18)19/h5-8,12H,2-4,9-10H2,1H3.